The van der Waals surface area contributed by atoms with Gasteiger partial charge < -0.3 is 19.8 Å². The Hall–Kier alpha value is -2.80. The molecule has 25 heavy (non-hydrogen) atoms. The monoisotopic (exact) mass is 400 g/mol. The van der Waals surface area contributed by atoms with Crippen molar-refractivity contribution >= 4 is 50.1 Å². The van der Waals surface area contributed by atoms with Crippen molar-refractivity contribution in [1.29, 1.82) is 0 Å². The van der Waals surface area contributed by atoms with Gasteiger partial charge in [0.05, 0.1) is 5.69 Å². The third-order valence-electron chi connectivity index (χ3n) is 3.97. The Labute approximate surface area is 151 Å². The molecule has 7 heteroatoms. The Kier molecular flexibility index (Phi) is 3.73. The molecule has 1 aliphatic rings. The number of hydrogen-bond acceptors (Lipinski definition) is 4. The maximum absolute atomic E-state index is 12.6. The van der Waals surface area contributed by atoms with Gasteiger partial charge in [-0.3, -0.25) is 9.59 Å². The van der Waals surface area contributed by atoms with E-state index >= 15 is 0 Å². The molecule has 4 rings (SSSR count). The van der Waals surface area contributed by atoms with Crippen LogP contribution in [0, 0.1) is 6.92 Å². The fraction of sp³-hybridized carbons (Fsp3) is 0.111. The van der Waals surface area contributed by atoms with E-state index < -0.39 is 0 Å². The number of furan rings is 1. The van der Waals surface area contributed by atoms with Crippen LogP contribution in [-0.4, -0.2) is 18.4 Å². The summed E-state index contributed by atoms with van der Waals surface area (Å²) in [6.45, 7) is 1.83. The molecule has 0 atom stereocenters. The summed E-state index contributed by atoms with van der Waals surface area (Å²) in [5.74, 6) is 0.246. The average Bonchev–Trinajstić information content (AvgIpc) is 2.91. The number of benzene rings is 2. The van der Waals surface area contributed by atoms with Gasteiger partial charge in [0.25, 0.3) is 11.8 Å². The first-order valence-electron chi connectivity index (χ1n) is 7.58. The number of amides is 2. The van der Waals surface area contributed by atoms with Gasteiger partial charge in [-0.25, -0.2) is 0 Å². The molecule has 0 radical (unpaired) electrons. The predicted molar refractivity (Wildman–Crippen MR) is 97.2 cm³/mol. The maximum Gasteiger partial charge on any atom is 0.291 e. The van der Waals surface area contributed by atoms with Crippen LogP contribution in [0.15, 0.2) is 45.3 Å². The second-order valence-corrected chi connectivity index (χ2v) is 6.61. The minimum absolute atomic E-state index is 0.00750. The van der Waals surface area contributed by atoms with Gasteiger partial charge in [-0.05, 0) is 43.3 Å². The summed E-state index contributed by atoms with van der Waals surface area (Å²) in [4.78, 5) is 24.0. The fourth-order valence-electron chi connectivity index (χ4n) is 2.76. The van der Waals surface area contributed by atoms with Crippen molar-refractivity contribution in [3.63, 3.8) is 0 Å². The number of carbonyl (C=O) groups is 2. The standard InChI is InChI=1S/C18H13BrN2O4/c1-9-12-6-10(19)2-4-14(12)25-17(9)18(23)20-11-3-5-15-13(7-11)21-16(22)8-24-15/h2-7H,8H2,1H3,(H,20,23)(H,21,22). The first-order valence-corrected chi connectivity index (χ1v) is 8.37. The normalized spacial score (nSPS) is 13.1. The summed E-state index contributed by atoms with van der Waals surface area (Å²) >= 11 is 3.42. The lowest BCUT2D eigenvalue weighted by Crippen LogP contribution is -2.25. The number of nitrogens with one attached hydrogen (secondary N) is 2. The Morgan fingerprint density at radius 2 is 2.08 bits per heavy atom. The van der Waals surface area contributed by atoms with Crippen LogP contribution in [0.5, 0.6) is 5.75 Å². The number of halogens is 1. The lowest BCUT2D eigenvalue weighted by Gasteiger charge is -2.18. The van der Waals surface area contributed by atoms with Crippen molar-refractivity contribution in [2.75, 3.05) is 17.2 Å². The van der Waals surface area contributed by atoms with Gasteiger partial charge in [-0.1, -0.05) is 15.9 Å². The van der Waals surface area contributed by atoms with Crippen LogP contribution in [0.3, 0.4) is 0 Å². The van der Waals surface area contributed by atoms with E-state index in [1.165, 1.54) is 0 Å². The van der Waals surface area contributed by atoms with Gasteiger partial charge in [-0.15, -0.1) is 0 Å². The highest BCUT2D eigenvalue weighted by molar-refractivity contribution is 9.10. The lowest BCUT2D eigenvalue weighted by atomic mass is 10.1. The van der Waals surface area contributed by atoms with Crippen LogP contribution < -0.4 is 15.4 Å². The Bertz CT molecular complexity index is 1030. The van der Waals surface area contributed by atoms with Gasteiger partial charge >= 0.3 is 0 Å². The number of anilines is 2. The zero-order valence-corrected chi connectivity index (χ0v) is 14.8. The molecular formula is C18H13BrN2O4. The van der Waals surface area contributed by atoms with Crippen molar-refractivity contribution in [2.24, 2.45) is 0 Å². The minimum Gasteiger partial charge on any atom is -0.482 e. The Balaban J connectivity index is 1.63. The first kappa shape index (κ1) is 15.7. The third kappa shape index (κ3) is 2.87. The van der Waals surface area contributed by atoms with Crippen LogP contribution in [0.1, 0.15) is 16.1 Å². The van der Waals surface area contributed by atoms with Gasteiger partial charge in [0.15, 0.2) is 12.4 Å². The number of rotatable bonds is 2. The summed E-state index contributed by atoms with van der Waals surface area (Å²) in [6, 6.07) is 10.7. The lowest BCUT2D eigenvalue weighted by molar-refractivity contribution is -0.118. The smallest absolute Gasteiger partial charge is 0.291 e. The summed E-state index contributed by atoms with van der Waals surface area (Å²) in [5.41, 5.74) is 2.48. The molecule has 6 nitrogen and oxygen atoms in total. The van der Waals surface area contributed by atoms with Gasteiger partial charge in [-0.2, -0.15) is 0 Å². The average molecular weight is 401 g/mol. The molecule has 2 amide bonds. The van der Waals surface area contributed by atoms with E-state index in [1.54, 1.807) is 18.2 Å². The molecule has 0 saturated carbocycles. The van der Waals surface area contributed by atoms with E-state index in [9.17, 15) is 9.59 Å². The quantitative estimate of drug-likeness (QED) is 0.678. The van der Waals surface area contributed by atoms with Gasteiger partial charge in [0.2, 0.25) is 0 Å². The van der Waals surface area contributed by atoms with Crippen LogP contribution in [0.4, 0.5) is 11.4 Å². The zero-order valence-electron chi connectivity index (χ0n) is 13.2. The molecule has 3 aromatic rings. The molecule has 0 saturated heterocycles. The topological polar surface area (TPSA) is 80.6 Å². The maximum atomic E-state index is 12.6. The highest BCUT2D eigenvalue weighted by Gasteiger charge is 2.20. The van der Waals surface area contributed by atoms with E-state index in [-0.39, 0.29) is 24.2 Å². The predicted octanol–water partition coefficient (Wildman–Crippen LogP) is 4.09. The first-order chi connectivity index (χ1) is 12.0. The highest BCUT2D eigenvalue weighted by Crippen LogP contribution is 2.32. The molecule has 0 bridgehead atoms. The zero-order chi connectivity index (χ0) is 17.6. The van der Waals surface area contributed by atoms with Crippen molar-refractivity contribution in [3.8, 4) is 5.75 Å². The molecule has 1 aliphatic heterocycles. The molecule has 2 aromatic carbocycles. The molecule has 1 aromatic heterocycles. The summed E-state index contributed by atoms with van der Waals surface area (Å²) < 4.78 is 11.9. The van der Waals surface area contributed by atoms with E-state index in [1.807, 2.05) is 25.1 Å². The molecule has 0 unspecified atom stereocenters. The van der Waals surface area contributed by atoms with E-state index in [0.29, 0.717) is 22.7 Å². The number of hydrogen-bond donors (Lipinski definition) is 2. The van der Waals surface area contributed by atoms with Gasteiger partial charge in [0, 0.05) is 21.1 Å². The van der Waals surface area contributed by atoms with Gasteiger partial charge in [0.1, 0.15) is 11.3 Å². The van der Waals surface area contributed by atoms with Crippen LogP contribution in [0.2, 0.25) is 0 Å². The largest absolute Gasteiger partial charge is 0.482 e. The number of ether oxygens (including phenoxy) is 1. The fourth-order valence-corrected chi connectivity index (χ4v) is 3.12. The second kappa shape index (κ2) is 5.93. The summed E-state index contributed by atoms with van der Waals surface area (Å²) in [6.07, 6.45) is 0. The summed E-state index contributed by atoms with van der Waals surface area (Å²) in [7, 11) is 0. The molecule has 126 valence electrons. The van der Waals surface area contributed by atoms with Crippen LogP contribution in [-0.2, 0) is 4.79 Å². The van der Waals surface area contributed by atoms with Crippen LogP contribution >= 0.6 is 15.9 Å². The van der Waals surface area contributed by atoms with Crippen molar-refractivity contribution < 1.29 is 18.7 Å². The number of aryl methyl sites for hydroxylation is 1. The molecule has 2 N–H and O–H groups in total. The third-order valence-corrected chi connectivity index (χ3v) is 4.47. The molecular weight excluding hydrogens is 388 g/mol. The molecule has 0 aliphatic carbocycles. The van der Waals surface area contributed by atoms with E-state index in [0.717, 1.165) is 15.4 Å². The Morgan fingerprint density at radius 3 is 2.92 bits per heavy atom. The van der Waals surface area contributed by atoms with Crippen LogP contribution in [0.25, 0.3) is 11.0 Å². The van der Waals surface area contributed by atoms with Crippen molar-refractivity contribution in [1.82, 2.24) is 0 Å². The number of fused-ring (bicyclic) bond motifs is 2. The number of carbonyl (C=O) groups excluding carboxylic acids is 2. The SMILES string of the molecule is Cc1c(C(=O)Nc2ccc3c(c2)NC(=O)CO3)oc2ccc(Br)cc12. The molecule has 2 heterocycles. The second-order valence-electron chi connectivity index (χ2n) is 5.70. The van der Waals surface area contributed by atoms with E-state index in [2.05, 4.69) is 26.6 Å². The summed E-state index contributed by atoms with van der Waals surface area (Å²) in [5, 5.41) is 6.38. The van der Waals surface area contributed by atoms with Crippen molar-refractivity contribution in [2.45, 2.75) is 6.92 Å². The van der Waals surface area contributed by atoms with E-state index in [4.69, 9.17) is 9.15 Å². The van der Waals surface area contributed by atoms with Crippen molar-refractivity contribution in [3.05, 3.63) is 52.2 Å². The Morgan fingerprint density at radius 1 is 1.24 bits per heavy atom. The molecule has 0 spiro atoms. The molecule has 0 fully saturated rings. The highest BCUT2D eigenvalue weighted by atomic mass is 79.9. The minimum atomic E-state index is -0.354.